The molecule has 1 aromatic rings. The highest BCUT2D eigenvalue weighted by Gasteiger charge is 1.96. The summed E-state index contributed by atoms with van der Waals surface area (Å²) >= 11 is 3.30. The standard InChI is InChI=1S/C8H7BrNO/c1-6(10-11)7-3-2-4-8(9)5-7/h2-5,11H,1H2/b10-6+. The second-order valence-electron chi connectivity index (χ2n) is 2.06. The SMILES string of the molecule is [CH2]/C(=N\O)c1cccc(Br)c1. The first-order chi connectivity index (χ1) is 5.24. The lowest BCUT2D eigenvalue weighted by molar-refractivity contribution is 0.320. The molecule has 0 aliphatic carbocycles. The Morgan fingerprint density at radius 2 is 2.27 bits per heavy atom. The first kappa shape index (κ1) is 8.27. The summed E-state index contributed by atoms with van der Waals surface area (Å²) in [6, 6.07) is 7.42. The van der Waals surface area contributed by atoms with E-state index in [0.717, 1.165) is 10.0 Å². The van der Waals surface area contributed by atoms with Crippen LogP contribution in [-0.2, 0) is 0 Å². The van der Waals surface area contributed by atoms with Gasteiger partial charge >= 0.3 is 0 Å². The van der Waals surface area contributed by atoms with E-state index >= 15 is 0 Å². The van der Waals surface area contributed by atoms with Gasteiger partial charge in [0.05, 0.1) is 5.71 Å². The Morgan fingerprint density at radius 3 is 2.82 bits per heavy atom. The monoisotopic (exact) mass is 212 g/mol. The molecule has 0 aliphatic heterocycles. The van der Waals surface area contributed by atoms with Crippen molar-refractivity contribution in [3.63, 3.8) is 0 Å². The molecule has 57 valence electrons. The predicted molar refractivity (Wildman–Crippen MR) is 47.8 cm³/mol. The van der Waals surface area contributed by atoms with Gasteiger partial charge < -0.3 is 5.21 Å². The molecule has 1 radical (unpaired) electrons. The van der Waals surface area contributed by atoms with Crippen LogP contribution in [0, 0.1) is 6.92 Å². The second kappa shape index (κ2) is 3.53. The van der Waals surface area contributed by atoms with Gasteiger partial charge in [0, 0.05) is 10.0 Å². The molecule has 0 saturated heterocycles. The third kappa shape index (κ3) is 2.05. The number of hydrogen-bond acceptors (Lipinski definition) is 2. The van der Waals surface area contributed by atoms with Crippen LogP contribution in [0.3, 0.4) is 0 Å². The summed E-state index contributed by atoms with van der Waals surface area (Å²) in [5.41, 5.74) is 1.17. The molecule has 1 N–H and O–H groups in total. The predicted octanol–water partition coefficient (Wildman–Crippen LogP) is 2.46. The Morgan fingerprint density at radius 1 is 1.55 bits per heavy atom. The zero-order chi connectivity index (χ0) is 8.27. The van der Waals surface area contributed by atoms with Crippen LogP contribution in [0.5, 0.6) is 0 Å². The molecule has 0 amide bonds. The molecule has 0 fully saturated rings. The van der Waals surface area contributed by atoms with Gasteiger partial charge in [-0.15, -0.1) is 0 Å². The normalized spacial score (nSPS) is 11.6. The molecule has 0 bridgehead atoms. The van der Waals surface area contributed by atoms with Crippen molar-refractivity contribution in [3.8, 4) is 0 Å². The first-order valence-corrected chi connectivity index (χ1v) is 3.83. The summed E-state index contributed by atoms with van der Waals surface area (Å²) in [5.74, 6) is 0. The Bertz CT molecular complexity index is 283. The maximum atomic E-state index is 8.39. The average Bonchev–Trinajstić information content (AvgIpc) is 2.03. The van der Waals surface area contributed by atoms with E-state index in [2.05, 4.69) is 28.0 Å². The van der Waals surface area contributed by atoms with Crippen LogP contribution in [-0.4, -0.2) is 10.9 Å². The molecule has 0 aromatic heterocycles. The smallest absolute Gasteiger partial charge is 0.0872 e. The molecule has 0 spiro atoms. The van der Waals surface area contributed by atoms with Crippen LogP contribution in [0.25, 0.3) is 0 Å². The zero-order valence-corrected chi connectivity index (χ0v) is 7.37. The lowest BCUT2D eigenvalue weighted by Crippen LogP contribution is -1.93. The summed E-state index contributed by atoms with van der Waals surface area (Å²) < 4.78 is 0.944. The molecule has 0 heterocycles. The molecule has 0 aliphatic rings. The number of rotatable bonds is 1. The van der Waals surface area contributed by atoms with Gasteiger partial charge in [0.25, 0.3) is 0 Å². The van der Waals surface area contributed by atoms with Gasteiger partial charge in [0.2, 0.25) is 0 Å². The molecule has 0 unspecified atom stereocenters. The zero-order valence-electron chi connectivity index (χ0n) is 5.79. The van der Waals surface area contributed by atoms with E-state index in [9.17, 15) is 0 Å². The van der Waals surface area contributed by atoms with Crippen molar-refractivity contribution in [1.29, 1.82) is 0 Å². The fourth-order valence-corrected chi connectivity index (χ4v) is 1.12. The summed E-state index contributed by atoms with van der Waals surface area (Å²) in [6.45, 7) is 3.55. The van der Waals surface area contributed by atoms with Crippen LogP contribution in [0.15, 0.2) is 33.9 Å². The number of nitrogens with zero attached hydrogens (tertiary/aromatic N) is 1. The van der Waals surface area contributed by atoms with Gasteiger partial charge in [-0.05, 0) is 19.1 Å². The minimum Gasteiger partial charge on any atom is -0.411 e. The van der Waals surface area contributed by atoms with Gasteiger partial charge in [-0.2, -0.15) is 0 Å². The van der Waals surface area contributed by atoms with Gasteiger partial charge in [-0.1, -0.05) is 33.2 Å². The largest absolute Gasteiger partial charge is 0.411 e. The van der Waals surface area contributed by atoms with Gasteiger partial charge in [-0.3, -0.25) is 0 Å². The summed E-state index contributed by atoms with van der Waals surface area (Å²) in [7, 11) is 0. The van der Waals surface area contributed by atoms with Crippen molar-refractivity contribution in [2.45, 2.75) is 0 Å². The minimum atomic E-state index is 0.367. The van der Waals surface area contributed by atoms with Crippen LogP contribution in [0.2, 0.25) is 0 Å². The Labute approximate surface area is 73.7 Å². The van der Waals surface area contributed by atoms with E-state index in [4.69, 9.17) is 5.21 Å². The second-order valence-corrected chi connectivity index (χ2v) is 2.97. The maximum Gasteiger partial charge on any atom is 0.0872 e. The van der Waals surface area contributed by atoms with Crippen molar-refractivity contribution in [3.05, 3.63) is 41.2 Å². The van der Waals surface area contributed by atoms with Gasteiger partial charge in [0.1, 0.15) is 0 Å². The highest BCUT2D eigenvalue weighted by atomic mass is 79.9. The molecular weight excluding hydrogens is 206 g/mol. The van der Waals surface area contributed by atoms with Crippen LogP contribution in [0.4, 0.5) is 0 Å². The lowest BCUT2D eigenvalue weighted by atomic mass is 10.1. The Kier molecular flexibility index (Phi) is 2.65. The fraction of sp³-hybridized carbons (Fsp3) is 0. The van der Waals surface area contributed by atoms with Crippen molar-refractivity contribution in [2.75, 3.05) is 0 Å². The number of hydrogen-bond donors (Lipinski definition) is 1. The van der Waals surface area contributed by atoms with Crippen molar-refractivity contribution >= 4 is 21.6 Å². The quantitative estimate of drug-likeness (QED) is 0.433. The van der Waals surface area contributed by atoms with Crippen LogP contribution >= 0.6 is 15.9 Å². The first-order valence-electron chi connectivity index (χ1n) is 3.04. The van der Waals surface area contributed by atoms with E-state index in [-0.39, 0.29) is 0 Å². The average molecular weight is 213 g/mol. The molecule has 1 aromatic carbocycles. The molecule has 1 rings (SSSR count). The third-order valence-electron chi connectivity index (χ3n) is 1.28. The molecular formula is C8H7BrNO. The molecule has 2 nitrogen and oxygen atoms in total. The molecule has 0 saturated carbocycles. The fourth-order valence-electron chi connectivity index (χ4n) is 0.726. The van der Waals surface area contributed by atoms with Gasteiger partial charge in [0.15, 0.2) is 0 Å². The summed E-state index contributed by atoms with van der Waals surface area (Å²) in [5, 5.41) is 11.4. The maximum absolute atomic E-state index is 8.39. The third-order valence-corrected chi connectivity index (χ3v) is 1.77. The highest BCUT2D eigenvalue weighted by molar-refractivity contribution is 9.10. The van der Waals surface area contributed by atoms with Crippen molar-refractivity contribution in [1.82, 2.24) is 0 Å². The Hall–Kier alpha value is -0.830. The summed E-state index contributed by atoms with van der Waals surface area (Å²) in [4.78, 5) is 0. The van der Waals surface area contributed by atoms with E-state index < -0.39 is 0 Å². The number of oxime groups is 1. The Balaban J connectivity index is 3.06. The topological polar surface area (TPSA) is 32.6 Å². The molecule has 3 heteroatoms. The molecule has 11 heavy (non-hydrogen) atoms. The van der Waals surface area contributed by atoms with Crippen LogP contribution < -0.4 is 0 Å². The summed E-state index contributed by atoms with van der Waals surface area (Å²) in [6.07, 6.45) is 0. The lowest BCUT2D eigenvalue weighted by Gasteiger charge is -1.97. The number of benzene rings is 1. The minimum absolute atomic E-state index is 0.367. The highest BCUT2D eigenvalue weighted by Crippen LogP contribution is 2.11. The van der Waals surface area contributed by atoms with Gasteiger partial charge in [-0.25, -0.2) is 0 Å². The molecule has 0 atom stereocenters. The van der Waals surface area contributed by atoms with E-state index in [1.807, 2.05) is 24.3 Å². The van der Waals surface area contributed by atoms with E-state index in [1.165, 1.54) is 0 Å². The van der Waals surface area contributed by atoms with Crippen LogP contribution in [0.1, 0.15) is 5.56 Å². The van der Waals surface area contributed by atoms with E-state index in [1.54, 1.807) is 0 Å². The van der Waals surface area contributed by atoms with E-state index in [0.29, 0.717) is 5.71 Å². The number of halogens is 1. The van der Waals surface area contributed by atoms with Crippen molar-refractivity contribution < 1.29 is 5.21 Å². The van der Waals surface area contributed by atoms with Crippen molar-refractivity contribution in [2.24, 2.45) is 5.16 Å².